The summed E-state index contributed by atoms with van der Waals surface area (Å²) in [4.78, 5) is 2.55. The van der Waals surface area contributed by atoms with Crippen molar-refractivity contribution in [2.24, 2.45) is 5.92 Å². The molecule has 0 bridgehead atoms. The molecule has 1 heterocycles. The molecule has 2 aliphatic carbocycles. The molecule has 1 aromatic rings. The third kappa shape index (κ3) is 4.36. The second-order valence-electron chi connectivity index (χ2n) is 6.20. The summed E-state index contributed by atoms with van der Waals surface area (Å²) >= 11 is 0. The Hall–Kier alpha value is -0.800. The van der Waals surface area contributed by atoms with E-state index < -0.39 is 0 Å². The van der Waals surface area contributed by atoms with Gasteiger partial charge in [0.05, 0.1) is 13.1 Å². The third-order valence-electron chi connectivity index (χ3n) is 3.99. The van der Waals surface area contributed by atoms with Crippen LogP contribution >= 0.6 is 0 Å². The Kier molecular flexibility index (Phi) is 4.24. The molecular formula is C16H26N2O. The zero-order valence-electron chi connectivity index (χ0n) is 12.0. The van der Waals surface area contributed by atoms with Gasteiger partial charge in [0.15, 0.2) is 0 Å². The van der Waals surface area contributed by atoms with Gasteiger partial charge in [-0.1, -0.05) is 6.92 Å². The van der Waals surface area contributed by atoms with Crippen molar-refractivity contribution in [3.63, 3.8) is 0 Å². The summed E-state index contributed by atoms with van der Waals surface area (Å²) in [5.41, 5.74) is 0. The first-order valence-electron chi connectivity index (χ1n) is 7.87. The van der Waals surface area contributed by atoms with Crippen LogP contribution in [-0.4, -0.2) is 24.0 Å². The number of hydrogen-bond donors (Lipinski definition) is 1. The van der Waals surface area contributed by atoms with Crippen molar-refractivity contribution in [2.45, 2.75) is 58.2 Å². The first-order chi connectivity index (χ1) is 9.33. The largest absolute Gasteiger partial charge is 0.463 e. The maximum absolute atomic E-state index is 5.94. The maximum Gasteiger partial charge on any atom is 0.118 e. The number of furan rings is 1. The summed E-state index contributed by atoms with van der Waals surface area (Å²) in [6.07, 6.45) is 6.74. The molecule has 0 atom stereocenters. The first kappa shape index (κ1) is 13.2. The molecule has 0 saturated heterocycles. The van der Waals surface area contributed by atoms with Gasteiger partial charge < -0.3 is 9.73 Å². The Labute approximate surface area is 116 Å². The molecule has 0 unspecified atom stereocenters. The van der Waals surface area contributed by atoms with E-state index in [0.717, 1.165) is 36.6 Å². The van der Waals surface area contributed by atoms with Crippen molar-refractivity contribution < 1.29 is 4.42 Å². The van der Waals surface area contributed by atoms with Crippen molar-refractivity contribution in [3.05, 3.63) is 23.7 Å². The van der Waals surface area contributed by atoms with E-state index in [1.165, 1.54) is 45.2 Å². The van der Waals surface area contributed by atoms with Gasteiger partial charge in [0.1, 0.15) is 11.5 Å². The average Bonchev–Trinajstić information content (AvgIpc) is 3.30. The van der Waals surface area contributed by atoms with Crippen LogP contribution in [0.5, 0.6) is 0 Å². The van der Waals surface area contributed by atoms with E-state index in [9.17, 15) is 0 Å². The minimum atomic E-state index is 0.750. The maximum atomic E-state index is 5.94. The minimum absolute atomic E-state index is 0.750. The predicted octanol–water partition coefficient (Wildman–Crippen LogP) is 3.15. The van der Waals surface area contributed by atoms with Crippen molar-refractivity contribution in [2.75, 3.05) is 13.1 Å². The highest BCUT2D eigenvalue weighted by Gasteiger charge is 2.24. The van der Waals surface area contributed by atoms with E-state index in [0.29, 0.717) is 0 Å². The fourth-order valence-electron chi connectivity index (χ4n) is 2.57. The van der Waals surface area contributed by atoms with Gasteiger partial charge >= 0.3 is 0 Å². The standard InChI is InChI=1S/C16H26N2O/c1-2-9-18(11-13-3-4-13)12-16-8-7-15(19-16)10-17-14-5-6-14/h7-8,13-14,17H,2-6,9-12H2,1H3. The summed E-state index contributed by atoms with van der Waals surface area (Å²) in [7, 11) is 0. The lowest BCUT2D eigenvalue weighted by atomic mass is 10.3. The quantitative estimate of drug-likeness (QED) is 0.741. The second-order valence-corrected chi connectivity index (χ2v) is 6.20. The molecule has 3 nitrogen and oxygen atoms in total. The van der Waals surface area contributed by atoms with Crippen LogP contribution in [0.4, 0.5) is 0 Å². The van der Waals surface area contributed by atoms with Crippen LogP contribution in [0.1, 0.15) is 50.5 Å². The third-order valence-corrected chi connectivity index (χ3v) is 3.99. The molecule has 2 aliphatic rings. The van der Waals surface area contributed by atoms with Crippen molar-refractivity contribution in [3.8, 4) is 0 Å². The van der Waals surface area contributed by atoms with Crippen LogP contribution in [-0.2, 0) is 13.1 Å². The van der Waals surface area contributed by atoms with Crippen LogP contribution in [0.2, 0.25) is 0 Å². The molecule has 0 radical (unpaired) electrons. The lowest BCUT2D eigenvalue weighted by Gasteiger charge is -2.20. The molecule has 3 rings (SSSR count). The Morgan fingerprint density at radius 1 is 1.21 bits per heavy atom. The molecule has 3 heteroatoms. The summed E-state index contributed by atoms with van der Waals surface area (Å²) in [6.45, 7) is 6.57. The lowest BCUT2D eigenvalue weighted by Crippen LogP contribution is -2.26. The number of nitrogens with zero attached hydrogens (tertiary/aromatic N) is 1. The Bertz CT molecular complexity index is 393. The summed E-state index contributed by atoms with van der Waals surface area (Å²) in [6, 6.07) is 5.03. The monoisotopic (exact) mass is 262 g/mol. The van der Waals surface area contributed by atoms with Crippen molar-refractivity contribution in [1.29, 1.82) is 0 Å². The number of hydrogen-bond acceptors (Lipinski definition) is 3. The molecule has 2 saturated carbocycles. The van der Waals surface area contributed by atoms with Gasteiger partial charge in [0, 0.05) is 12.6 Å². The molecule has 106 valence electrons. The molecule has 19 heavy (non-hydrogen) atoms. The van der Waals surface area contributed by atoms with E-state index in [4.69, 9.17) is 4.42 Å². The molecular weight excluding hydrogens is 236 g/mol. The van der Waals surface area contributed by atoms with E-state index in [-0.39, 0.29) is 0 Å². The van der Waals surface area contributed by atoms with Gasteiger partial charge in [-0.2, -0.15) is 0 Å². The van der Waals surface area contributed by atoms with Gasteiger partial charge in [-0.05, 0) is 56.7 Å². The smallest absolute Gasteiger partial charge is 0.118 e. The topological polar surface area (TPSA) is 28.4 Å². The van der Waals surface area contributed by atoms with Gasteiger partial charge in [-0.3, -0.25) is 4.90 Å². The van der Waals surface area contributed by atoms with Crippen LogP contribution in [0, 0.1) is 5.92 Å². The van der Waals surface area contributed by atoms with E-state index >= 15 is 0 Å². The summed E-state index contributed by atoms with van der Waals surface area (Å²) in [5.74, 6) is 3.17. The molecule has 1 N–H and O–H groups in total. The molecule has 0 amide bonds. The number of rotatable bonds is 9. The van der Waals surface area contributed by atoms with E-state index in [1.54, 1.807) is 0 Å². The van der Waals surface area contributed by atoms with Gasteiger partial charge in [0.25, 0.3) is 0 Å². The highest BCUT2D eigenvalue weighted by Crippen LogP contribution is 2.30. The Morgan fingerprint density at radius 3 is 2.68 bits per heavy atom. The van der Waals surface area contributed by atoms with Gasteiger partial charge in [0.2, 0.25) is 0 Å². The minimum Gasteiger partial charge on any atom is -0.463 e. The van der Waals surface area contributed by atoms with Crippen molar-refractivity contribution >= 4 is 0 Å². The van der Waals surface area contributed by atoms with Gasteiger partial charge in [-0.25, -0.2) is 0 Å². The predicted molar refractivity (Wildman–Crippen MR) is 76.9 cm³/mol. The zero-order valence-corrected chi connectivity index (χ0v) is 12.0. The van der Waals surface area contributed by atoms with Gasteiger partial charge in [-0.15, -0.1) is 0 Å². The van der Waals surface area contributed by atoms with E-state index in [1.807, 2.05) is 0 Å². The average molecular weight is 262 g/mol. The lowest BCUT2D eigenvalue weighted by molar-refractivity contribution is 0.232. The summed E-state index contributed by atoms with van der Waals surface area (Å²) in [5, 5.41) is 3.50. The van der Waals surface area contributed by atoms with Crippen LogP contribution in [0.3, 0.4) is 0 Å². The second kappa shape index (κ2) is 6.10. The summed E-state index contributed by atoms with van der Waals surface area (Å²) < 4.78 is 5.94. The highest BCUT2D eigenvalue weighted by atomic mass is 16.3. The SMILES string of the molecule is CCCN(Cc1ccc(CNC2CC2)o1)CC1CC1. The molecule has 0 spiro atoms. The van der Waals surface area contributed by atoms with Crippen molar-refractivity contribution in [1.82, 2.24) is 10.2 Å². The molecule has 1 aromatic heterocycles. The fourth-order valence-corrected chi connectivity index (χ4v) is 2.57. The van der Waals surface area contributed by atoms with Crippen LogP contribution < -0.4 is 5.32 Å². The fraction of sp³-hybridized carbons (Fsp3) is 0.750. The molecule has 2 fully saturated rings. The van der Waals surface area contributed by atoms with Crippen LogP contribution in [0.15, 0.2) is 16.5 Å². The highest BCUT2D eigenvalue weighted by molar-refractivity contribution is 5.07. The zero-order chi connectivity index (χ0) is 13.1. The van der Waals surface area contributed by atoms with Crippen LogP contribution in [0.25, 0.3) is 0 Å². The first-order valence-corrected chi connectivity index (χ1v) is 7.87. The Morgan fingerprint density at radius 2 is 2.00 bits per heavy atom. The normalized spacial score (nSPS) is 19.3. The number of nitrogens with one attached hydrogen (secondary N) is 1. The Balaban J connectivity index is 1.48. The van der Waals surface area contributed by atoms with E-state index in [2.05, 4.69) is 29.3 Å². The molecule has 0 aliphatic heterocycles. The molecule has 0 aromatic carbocycles.